The van der Waals surface area contributed by atoms with Crippen molar-refractivity contribution < 1.29 is 4.79 Å². The molecule has 2 fully saturated rings. The number of piperidine rings is 1. The van der Waals surface area contributed by atoms with Crippen molar-refractivity contribution in [3.63, 3.8) is 0 Å². The summed E-state index contributed by atoms with van der Waals surface area (Å²) in [6.07, 6.45) is 5.91. The van der Waals surface area contributed by atoms with Crippen molar-refractivity contribution in [1.82, 2.24) is 35.4 Å². The van der Waals surface area contributed by atoms with Crippen LogP contribution in [0.25, 0.3) is 5.52 Å². The summed E-state index contributed by atoms with van der Waals surface area (Å²) in [7, 11) is 0. The lowest BCUT2D eigenvalue weighted by Crippen LogP contribution is -2.55. The maximum absolute atomic E-state index is 13.3. The van der Waals surface area contributed by atoms with Crippen LogP contribution in [0.4, 0.5) is 17.6 Å². The Labute approximate surface area is 187 Å². The van der Waals surface area contributed by atoms with E-state index in [0.29, 0.717) is 30.0 Å². The van der Waals surface area contributed by atoms with Crippen LogP contribution >= 0.6 is 0 Å². The van der Waals surface area contributed by atoms with Crippen LogP contribution in [0.15, 0.2) is 24.4 Å². The van der Waals surface area contributed by atoms with Crippen LogP contribution in [0.2, 0.25) is 0 Å². The molecule has 0 aliphatic carbocycles. The maximum atomic E-state index is 13.3. The molecular formula is C22H31N9O. The molecule has 2 aliphatic rings. The van der Waals surface area contributed by atoms with E-state index in [1.54, 1.807) is 4.52 Å². The summed E-state index contributed by atoms with van der Waals surface area (Å²) in [6.45, 7) is 7.44. The number of nitrogens with zero attached hydrogens (tertiary/aromatic N) is 5. The number of rotatable bonds is 6. The van der Waals surface area contributed by atoms with Crippen molar-refractivity contribution >= 4 is 29.0 Å². The highest BCUT2D eigenvalue weighted by Gasteiger charge is 2.45. The zero-order chi connectivity index (χ0) is 22.1. The SMILES string of the molecule is Cc1cc(Nc2nc(N3CCC[C@@]3(C)C(=O)NC[C@@H]3CCCNC3)nn3cccc23)n[nH]1. The number of nitrogens with one attached hydrogen (secondary N) is 4. The molecular weight excluding hydrogens is 406 g/mol. The Morgan fingerprint density at radius 1 is 1.38 bits per heavy atom. The number of hydrogen-bond acceptors (Lipinski definition) is 7. The molecule has 0 unspecified atom stereocenters. The van der Waals surface area contributed by atoms with Gasteiger partial charge in [0, 0.05) is 31.0 Å². The van der Waals surface area contributed by atoms with Crippen LogP contribution in [-0.2, 0) is 4.79 Å². The molecule has 0 bridgehead atoms. The number of H-pyrrole nitrogens is 1. The quantitative estimate of drug-likeness (QED) is 0.466. The molecule has 0 saturated carbocycles. The first kappa shape index (κ1) is 20.7. The van der Waals surface area contributed by atoms with Crippen LogP contribution in [-0.4, -0.2) is 62.4 Å². The highest BCUT2D eigenvalue weighted by molar-refractivity contribution is 5.90. The van der Waals surface area contributed by atoms with Crippen LogP contribution in [0.3, 0.4) is 0 Å². The van der Waals surface area contributed by atoms with Crippen molar-refractivity contribution in [2.45, 2.75) is 45.1 Å². The van der Waals surface area contributed by atoms with Gasteiger partial charge in [-0.25, -0.2) is 4.52 Å². The minimum Gasteiger partial charge on any atom is -0.354 e. The van der Waals surface area contributed by atoms with Crippen LogP contribution < -0.4 is 20.9 Å². The Kier molecular flexibility index (Phi) is 5.46. The Morgan fingerprint density at radius 2 is 2.28 bits per heavy atom. The number of anilines is 3. The zero-order valence-corrected chi connectivity index (χ0v) is 18.7. The molecule has 10 nitrogen and oxygen atoms in total. The second kappa shape index (κ2) is 8.42. The highest BCUT2D eigenvalue weighted by atomic mass is 16.2. The van der Waals surface area contributed by atoms with E-state index in [1.807, 2.05) is 43.1 Å². The summed E-state index contributed by atoms with van der Waals surface area (Å²) in [5.74, 6) is 2.44. The Bertz CT molecular complexity index is 1100. The smallest absolute Gasteiger partial charge is 0.246 e. The van der Waals surface area contributed by atoms with Gasteiger partial charge in [0.25, 0.3) is 0 Å². The van der Waals surface area contributed by atoms with Crippen molar-refractivity contribution in [2.75, 3.05) is 36.4 Å². The minimum atomic E-state index is -0.677. The normalized spacial score (nSPS) is 23.6. The molecule has 3 aromatic rings. The van der Waals surface area contributed by atoms with Gasteiger partial charge in [-0.1, -0.05) is 0 Å². The number of aromatic nitrogens is 5. The fourth-order valence-corrected chi connectivity index (χ4v) is 4.78. The molecule has 1 amide bonds. The Morgan fingerprint density at radius 3 is 3.06 bits per heavy atom. The Hall–Kier alpha value is -3.14. The summed E-state index contributed by atoms with van der Waals surface area (Å²) < 4.78 is 1.80. The number of hydrogen-bond donors (Lipinski definition) is 4. The van der Waals surface area contributed by atoms with E-state index in [2.05, 4.69) is 26.1 Å². The van der Waals surface area contributed by atoms with Gasteiger partial charge in [0.05, 0.1) is 0 Å². The molecule has 5 rings (SSSR count). The number of fused-ring (bicyclic) bond motifs is 1. The molecule has 2 saturated heterocycles. The second-order valence-electron chi connectivity index (χ2n) is 9.11. The number of aromatic amines is 1. The molecule has 10 heteroatoms. The Balaban J connectivity index is 1.39. The fraction of sp³-hybridized carbons (Fsp3) is 0.545. The summed E-state index contributed by atoms with van der Waals surface area (Å²) in [6, 6.07) is 5.82. The van der Waals surface area contributed by atoms with E-state index in [1.165, 1.54) is 6.42 Å². The molecule has 4 N–H and O–H groups in total. The molecule has 5 heterocycles. The number of amides is 1. The predicted octanol–water partition coefficient (Wildman–Crippen LogP) is 1.98. The van der Waals surface area contributed by atoms with Crippen molar-refractivity contribution in [3.8, 4) is 0 Å². The van der Waals surface area contributed by atoms with Crippen LogP contribution in [0, 0.1) is 12.8 Å². The number of carbonyl (C=O) groups is 1. The maximum Gasteiger partial charge on any atom is 0.246 e. The van der Waals surface area contributed by atoms with E-state index in [-0.39, 0.29) is 5.91 Å². The van der Waals surface area contributed by atoms with E-state index in [0.717, 1.165) is 50.1 Å². The largest absolute Gasteiger partial charge is 0.354 e. The predicted molar refractivity (Wildman–Crippen MR) is 123 cm³/mol. The lowest BCUT2D eigenvalue weighted by Gasteiger charge is -2.34. The van der Waals surface area contributed by atoms with Gasteiger partial charge in [-0.2, -0.15) is 10.1 Å². The minimum absolute atomic E-state index is 0.0502. The lowest BCUT2D eigenvalue weighted by atomic mass is 9.96. The van der Waals surface area contributed by atoms with Gasteiger partial charge in [0.1, 0.15) is 11.1 Å². The van der Waals surface area contributed by atoms with E-state index < -0.39 is 5.54 Å². The fourth-order valence-electron chi connectivity index (χ4n) is 4.78. The lowest BCUT2D eigenvalue weighted by molar-refractivity contribution is -0.125. The van der Waals surface area contributed by atoms with Gasteiger partial charge >= 0.3 is 0 Å². The first-order chi connectivity index (χ1) is 15.5. The third-order valence-corrected chi connectivity index (χ3v) is 6.65. The molecule has 32 heavy (non-hydrogen) atoms. The summed E-state index contributed by atoms with van der Waals surface area (Å²) in [5.41, 5.74) is 1.14. The molecule has 2 atom stereocenters. The molecule has 0 radical (unpaired) electrons. The zero-order valence-electron chi connectivity index (χ0n) is 18.7. The first-order valence-electron chi connectivity index (χ1n) is 11.4. The van der Waals surface area contributed by atoms with Crippen molar-refractivity contribution in [2.24, 2.45) is 5.92 Å². The highest BCUT2D eigenvalue weighted by Crippen LogP contribution is 2.34. The molecule has 0 aromatic carbocycles. The average molecular weight is 438 g/mol. The molecule has 0 spiro atoms. The van der Waals surface area contributed by atoms with Gasteiger partial charge in [0.2, 0.25) is 11.9 Å². The third kappa shape index (κ3) is 3.90. The summed E-state index contributed by atoms with van der Waals surface area (Å²) >= 11 is 0. The third-order valence-electron chi connectivity index (χ3n) is 6.65. The van der Waals surface area contributed by atoms with Gasteiger partial charge in [-0.3, -0.25) is 9.89 Å². The summed E-state index contributed by atoms with van der Waals surface area (Å²) in [4.78, 5) is 20.2. The van der Waals surface area contributed by atoms with Gasteiger partial charge in [-0.15, -0.1) is 5.10 Å². The number of aryl methyl sites for hydroxylation is 1. The topological polar surface area (TPSA) is 115 Å². The molecule has 3 aromatic heterocycles. The standard InChI is InChI=1S/C22H31N9O/c1-15-12-18(28-27-15)25-19-17-7-4-11-31(17)29-21(26-19)30-10-5-8-22(30,2)20(32)24-14-16-6-3-9-23-13-16/h4,7,11-12,16,23H,3,5-6,8-10,13-14H2,1-2H3,(H,24,32)(H2,25,26,27,28,29)/t16-,22+/m1/s1. The van der Waals surface area contributed by atoms with Gasteiger partial charge < -0.3 is 20.9 Å². The van der Waals surface area contributed by atoms with Crippen molar-refractivity contribution in [3.05, 3.63) is 30.1 Å². The second-order valence-corrected chi connectivity index (χ2v) is 9.11. The van der Waals surface area contributed by atoms with E-state index in [9.17, 15) is 4.79 Å². The average Bonchev–Trinajstić information content (AvgIpc) is 3.53. The van der Waals surface area contributed by atoms with Crippen LogP contribution in [0.5, 0.6) is 0 Å². The van der Waals surface area contributed by atoms with Crippen LogP contribution in [0.1, 0.15) is 38.3 Å². The monoisotopic (exact) mass is 437 g/mol. The summed E-state index contributed by atoms with van der Waals surface area (Å²) in [5, 5.41) is 21.9. The van der Waals surface area contributed by atoms with E-state index >= 15 is 0 Å². The van der Waals surface area contributed by atoms with Gasteiger partial charge in [-0.05, 0) is 70.7 Å². The number of carbonyl (C=O) groups excluding carboxylic acids is 1. The van der Waals surface area contributed by atoms with Gasteiger partial charge in [0.15, 0.2) is 11.6 Å². The molecule has 170 valence electrons. The first-order valence-corrected chi connectivity index (χ1v) is 11.4. The van der Waals surface area contributed by atoms with Crippen molar-refractivity contribution in [1.29, 1.82) is 0 Å². The molecule has 2 aliphatic heterocycles. The van der Waals surface area contributed by atoms with E-state index in [4.69, 9.17) is 10.1 Å².